The fourth-order valence-corrected chi connectivity index (χ4v) is 4.04. The number of fused-ring (bicyclic) bond motifs is 1. The molecule has 1 saturated heterocycles. The van der Waals surface area contributed by atoms with E-state index in [1.807, 2.05) is 30.3 Å². The summed E-state index contributed by atoms with van der Waals surface area (Å²) in [7, 11) is 0. The number of hydrogen-bond acceptors (Lipinski definition) is 7. The number of benzene rings is 3. The molecular formula is C24H18BrN5O4. The van der Waals surface area contributed by atoms with Crippen molar-refractivity contribution in [2.75, 3.05) is 16.8 Å². The van der Waals surface area contributed by atoms with Gasteiger partial charge in [-0.3, -0.25) is 19.4 Å². The molecule has 0 radical (unpaired) electrons. The third kappa shape index (κ3) is 4.27. The molecule has 2 unspecified atom stereocenters. The van der Waals surface area contributed by atoms with Crippen LogP contribution in [0.2, 0.25) is 0 Å². The van der Waals surface area contributed by atoms with E-state index in [-0.39, 0.29) is 6.54 Å². The second-order valence-corrected chi connectivity index (χ2v) is 8.58. The maximum Gasteiger partial charge on any atom is 0.263 e. The highest BCUT2D eigenvalue weighted by Crippen LogP contribution is 2.32. The van der Waals surface area contributed by atoms with Gasteiger partial charge in [0.25, 0.3) is 11.8 Å². The van der Waals surface area contributed by atoms with Gasteiger partial charge in [-0.2, -0.15) is 5.11 Å². The molecule has 2 heterocycles. The van der Waals surface area contributed by atoms with E-state index in [9.17, 15) is 14.4 Å². The predicted molar refractivity (Wildman–Crippen MR) is 127 cm³/mol. The molecule has 10 heteroatoms. The number of halogens is 1. The molecule has 0 aliphatic carbocycles. The number of hydrogen-bond donors (Lipinski definition) is 1. The number of anilines is 2. The zero-order valence-electron chi connectivity index (χ0n) is 17.7. The van der Waals surface area contributed by atoms with Crippen LogP contribution >= 0.6 is 15.9 Å². The van der Waals surface area contributed by atoms with E-state index in [1.165, 1.54) is 5.01 Å². The molecule has 0 aromatic heterocycles. The van der Waals surface area contributed by atoms with Crippen molar-refractivity contribution in [1.82, 2.24) is 5.01 Å². The first kappa shape index (κ1) is 21.8. The lowest BCUT2D eigenvalue weighted by molar-refractivity contribution is -0.123. The summed E-state index contributed by atoms with van der Waals surface area (Å²) in [4.78, 5) is 39.5. The molecule has 1 N–H and O–H groups in total. The lowest BCUT2D eigenvalue weighted by atomic mass is 10.1. The fourth-order valence-electron chi connectivity index (χ4n) is 3.78. The summed E-state index contributed by atoms with van der Waals surface area (Å²) in [5, 5.41) is 11.9. The minimum atomic E-state index is -0.960. The van der Waals surface area contributed by atoms with E-state index in [4.69, 9.17) is 4.74 Å². The average molecular weight is 520 g/mol. The van der Waals surface area contributed by atoms with Gasteiger partial charge in [0.15, 0.2) is 12.1 Å². The quantitative estimate of drug-likeness (QED) is 0.492. The standard InChI is InChI=1S/C24H18BrN5O4/c25-15-6-10-17(11-7-15)30-23(32)21-22(24(30)33)29(28-27-21)14-20(31)26-16-8-12-19(13-9-16)34-18-4-2-1-3-5-18/h1-13,21-22H,14H2,(H,26,31). The molecule has 34 heavy (non-hydrogen) atoms. The Hall–Kier alpha value is -4.05. The molecule has 9 nitrogen and oxygen atoms in total. The van der Waals surface area contributed by atoms with Crippen LogP contribution in [0.25, 0.3) is 0 Å². The highest BCUT2D eigenvalue weighted by atomic mass is 79.9. The summed E-state index contributed by atoms with van der Waals surface area (Å²) in [6.07, 6.45) is 0. The van der Waals surface area contributed by atoms with Gasteiger partial charge in [-0.25, -0.2) is 4.90 Å². The maximum absolute atomic E-state index is 13.0. The Labute approximate surface area is 203 Å². The SMILES string of the molecule is O=C(CN1N=NC2C(=O)N(c3ccc(Br)cc3)C(=O)C21)Nc1ccc(Oc2ccccc2)cc1. The maximum atomic E-state index is 13.0. The van der Waals surface area contributed by atoms with Gasteiger partial charge in [-0.15, -0.1) is 0 Å². The molecular weight excluding hydrogens is 502 g/mol. The van der Waals surface area contributed by atoms with Gasteiger partial charge in [0.05, 0.1) is 5.69 Å². The largest absolute Gasteiger partial charge is 0.457 e. The highest BCUT2D eigenvalue weighted by Gasteiger charge is 2.55. The number of nitrogens with zero attached hydrogens (tertiary/aromatic N) is 4. The molecule has 0 saturated carbocycles. The lowest BCUT2D eigenvalue weighted by Gasteiger charge is -2.20. The minimum absolute atomic E-state index is 0.222. The number of carbonyl (C=O) groups excluding carboxylic acids is 3. The van der Waals surface area contributed by atoms with E-state index >= 15 is 0 Å². The Morgan fingerprint density at radius 3 is 2.29 bits per heavy atom. The Morgan fingerprint density at radius 1 is 0.912 bits per heavy atom. The molecule has 3 aromatic rings. The molecule has 170 valence electrons. The van der Waals surface area contributed by atoms with Gasteiger partial charge >= 0.3 is 0 Å². The number of rotatable bonds is 6. The summed E-state index contributed by atoms with van der Waals surface area (Å²) in [6.45, 7) is -0.222. The van der Waals surface area contributed by atoms with E-state index in [1.54, 1.807) is 48.5 Å². The Bertz CT molecular complexity index is 1260. The van der Waals surface area contributed by atoms with Crippen LogP contribution in [0.15, 0.2) is 93.7 Å². The number of para-hydroxylation sites is 1. The number of ether oxygens (including phenoxy) is 1. The van der Waals surface area contributed by atoms with Crippen molar-refractivity contribution >= 4 is 45.0 Å². The number of imide groups is 1. The summed E-state index contributed by atoms with van der Waals surface area (Å²) >= 11 is 3.33. The van der Waals surface area contributed by atoms with Crippen LogP contribution in [-0.4, -0.2) is 41.4 Å². The van der Waals surface area contributed by atoms with Gasteiger partial charge in [0.1, 0.15) is 18.0 Å². The number of amides is 3. The van der Waals surface area contributed by atoms with Crippen molar-refractivity contribution in [2.24, 2.45) is 10.3 Å². The molecule has 2 aliphatic heterocycles. The molecule has 3 amide bonds. The first-order valence-electron chi connectivity index (χ1n) is 10.4. The smallest absolute Gasteiger partial charge is 0.263 e. The summed E-state index contributed by atoms with van der Waals surface area (Å²) < 4.78 is 6.57. The Kier molecular flexibility index (Phi) is 5.81. The van der Waals surface area contributed by atoms with Crippen LogP contribution in [0.5, 0.6) is 11.5 Å². The molecule has 0 spiro atoms. The highest BCUT2D eigenvalue weighted by molar-refractivity contribution is 9.10. The zero-order valence-corrected chi connectivity index (χ0v) is 19.3. The molecule has 2 aliphatic rings. The van der Waals surface area contributed by atoms with Crippen molar-refractivity contribution in [2.45, 2.75) is 12.1 Å². The second kappa shape index (κ2) is 9.06. The van der Waals surface area contributed by atoms with Gasteiger partial charge in [-0.05, 0) is 60.7 Å². The molecule has 2 atom stereocenters. The monoisotopic (exact) mass is 519 g/mol. The average Bonchev–Trinajstić information content (AvgIpc) is 3.36. The van der Waals surface area contributed by atoms with Crippen molar-refractivity contribution in [3.05, 3.63) is 83.3 Å². The van der Waals surface area contributed by atoms with Crippen LogP contribution in [0.3, 0.4) is 0 Å². The normalized spacial score (nSPS) is 18.9. The van der Waals surface area contributed by atoms with Crippen molar-refractivity contribution in [1.29, 1.82) is 0 Å². The van der Waals surface area contributed by atoms with Crippen LogP contribution < -0.4 is 15.0 Å². The Balaban J connectivity index is 1.22. The predicted octanol–water partition coefficient (Wildman–Crippen LogP) is 4.17. The first-order valence-corrected chi connectivity index (χ1v) is 11.2. The van der Waals surface area contributed by atoms with Gasteiger partial charge < -0.3 is 10.1 Å². The first-order chi connectivity index (χ1) is 16.5. The van der Waals surface area contributed by atoms with E-state index in [0.29, 0.717) is 22.9 Å². The molecule has 1 fully saturated rings. The van der Waals surface area contributed by atoms with Gasteiger partial charge in [0.2, 0.25) is 5.91 Å². The van der Waals surface area contributed by atoms with E-state index in [2.05, 4.69) is 31.6 Å². The van der Waals surface area contributed by atoms with Crippen molar-refractivity contribution in [3.63, 3.8) is 0 Å². The lowest BCUT2D eigenvalue weighted by Crippen LogP contribution is -2.43. The minimum Gasteiger partial charge on any atom is -0.457 e. The summed E-state index contributed by atoms with van der Waals surface area (Å²) in [5.41, 5.74) is 1.01. The zero-order chi connectivity index (χ0) is 23.7. The topological polar surface area (TPSA) is 104 Å². The summed E-state index contributed by atoms with van der Waals surface area (Å²) in [5.74, 6) is 0.0267. The van der Waals surface area contributed by atoms with E-state index < -0.39 is 29.8 Å². The van der Waals surface area contributed by atoms with Crippen LogP contribution in [0, 0.1) is 0 Å². The Morgan fingerprint density at radius 2 is 1.59 bits per heavy atom. The number of carbonyl (C=O) groups is 3. The third-order valence-corrected chi connectivity index (χ3v) is 5.89. The summed E-state index contributed by atoms with van der Waals surface area (Å²) in [6, 6.07) is 21.2. The van der Waals surface area contributed by atoms with Crippen molar-refractivity contribution in [3.8, 4) is 11.5 Å². The van der Waals surface area contributed by atoms with Crippen LogP contribution in [0.4, 0.5) is 11.4 Å². The molecule has 0 bridgehead atoms. The molecule has 3 aromatic carbocycles. The number of nitrogens with one attached hydrogen (secondary N) is 1. The van der Waals surface area contributed by atoms with E-state index in [0.717, 1.165) is 9.37 Å². The van der Waals surface area contributed by atoms with Gasteiger partial charge in [0, 0.05) is 10.2 Å². The van der Waals surface area contributed by atoms with Crippen molar-refractivity contribution < 1.29 is 19.1 Å². The fraction of sp³-hybridized carbons (Fsp3) is 0.125. The molecule has 5 rings (SSSR count). The van der Waals surface area contributed by atoms with Gasteiger partial charge in [-0.1, -0.05) is 39.4 Å². The van der Waals surface area contributed by atoms with Crippen LogP contribution in [0.1, 0.15) is 0 Å². The third-order valence-electron chi connectivity index (χ3n) is 5.37. The second-order valence-electron chi connectivity index (χ2n) is 7.67. The van der Waals surface area contributed by atoms with Crippen LogP contribution in [-0.2, 0) is 14.4 Å².